The van der Waals surface area contributed by atoms with E-state index in [1.165, 1.54) is 21.3 Å². The number of hydrogen-bond acceptors (Lipinski definition) is 7. The topological polar surface area (TPSA) is 118 Å². The van der Waals surface area contributed by atoms with Crippen molar-refractivity contribution >= 4 is 43.3 Å². The van der Waals surface area contributed by atoms with Gasteiger partial charge in [-0.25, -0.2) is 21.6 Å². The van der Waals surface area contributed by atoms with Gasteiger partial charge in [0.05, 0.1) is 22.1 Å². The third-order valence-electron chi connectivity index (χ3n) is 5.49. The van der Waals surface area contributed by atoms with Gasteiger partial charge in [-0.1, -0.05) is 11.6 Å². The first-order chi connectivity index (χ1) is 14.5. The molecule has 1 aromatic rings. The Kier molecular flexibility index (Phi) is 7.29. The number of benzene rings is 1. The molecule has 0 spiro atoms. The molecular weight excluding hydrogens is 468 g/mol. The van der Waals surface area contributed by atoms with Gasteiger partial charge in [-0.2, -0.15) is 4.31 Å². The van der Waals surface area contributed by atoms with Crippen molar-refractivity contribution in [2.75, 3.05) is 37.7 Å². The van der Waals surface area contributed by atoms with Crippen LogP contribution in [0.3, 0.4) is 0 Å². The lowest BCUT2D eigenvalue weighted by Gasteiger charge is -2.26. The Bertz CT molecular complexity index is 1070. The fourth-order valence-corrected chi connectivity index (χ4v) is 7.60. The van der Waals surface area contributed by atoms with Crippen LogP contribution in [0.25, 0.3) is 0 Å². The minimum absolute atomic E-state index is 0.000808. The number of nitrogens with zero attached hydrogens (tertiary/aromatic N) is 2. The minimum atomic E-state index is -3.83. The predicted octanol–water partition coefficient (Wildman–Crippen LogP) is 1.32. The Balaban J connectivity index is 1.68. The third kappa shape index (κ3) is 5.39. The van der Waals surface area contributed by atoms with Gasteiger partial charge in [0.25, 0.3) is 5.91 Å². The maximum atomic E-state index is 12.8. The van der Waals surface area contributed by atoms with Gasteiger partial charge < -0.3 is 9.64 Å². The van der Waals surface area contributed by atoms with E-state index in [2.05, 4.69) is 0 Å². The lowest BCUT2D eigenvalue weighted by molar-refractivity contribution is -0.136. The first-order valence-electron chi connectivity index (χ1n) is 10.0. The summed E-state index contributed by atoms with van der Waals surface area (Å²) in [6.45, 7) is 2.23. The number of carbonyl (C=O) groups excluding carboxylic acids is 2. The molecule has 31 heavy (non-hydrogen) atoms. The van der Waals surface area contributed by atoms with Crippen LogP contribution in [0.15, 0.2) is 23.1 Å². The number of hydrogen-bond donors (Lipinski definition) is 0. The molecule has 0 bridgehead atoms. The number of halogens is 1. The highest BCUT2D eigenvalue weighted by atomic mass is 35.5. The Morgan fingerprint density at radius 1 is 1.26 bits per heavy atom. The third-order valence-corrected chi connectivity index (χ3v) is 9.62. The van der Waals surface area contributed by atoms with E-state index in [1.54, 1.807) is 6.92 Å². The largest absolute Gasteiger partial charge is 0.452 e. The molecular formula is C19H25ClN2O7S2. The van der Waals surface area contributed by atoms with Crippen molar-refractivity contribution in [3.63, 3.8) is 0 Å². The van der Waals surface area contributed by atoms with Crippen molar-refractivity contribution in [3.05, 3.63) is 28.8 Å². The van der Waals surface area contributed by atoms with Gasteiger partial charge in [-0.05, 0) is 44.4 Å². The molecule has 2 aliphatic heterocycles. The molecule has 172 valence electrons. The SMILES string of the molecule is CCN(C(=O)COC(=O)c1ccc(Cl)c(S(=O)(=O)N2CCCC2)c1)C1CCS(=O)(=O)C1. The highest BCUT2D eigenvalue weighted by molar-refractivity contribution is 7.91. The monoisotopic (exact) mass is 492 g/mol. The fraction of sp³-hybridized carbons (Fsp3) is 0.579. The zero-order valence-corrected chi connectivity index (χ0v) is 19.5. The van der Waals surface area contributed by atoms with E-state index < -0.39 is 44.4 Å². The number of amides is 1. The summed E-state index contributed by atoms with van der Waals surface area (Å²) in [5, 5.41) is -0.000808. The molecule has 9 nitrogen and oxygen atoms in total. The number of esters is 1. The molecule has 3 rings (SSSR count). The van der Waals surface area contributed by atoms with Crippen molar-refractivity contribution in [1.82, 2.24) is 9.21 Å². The molecule has 12 heteroatoms. The average molecular weight is 493 g/mol. The molecule has 0 saturated carbocycles. The first kappa shape index (κ1) is 24.0. The van der Waals surface area contributed by atoms with Gasteiger partial charge in [0.1, 0.15) is 4.90 Å². The summed E-state index contributed by atoms with van der Waals surface area (Å²) in [6.07, 6.45) is 1.87. The maximum Gasteiger partial charge on any atom is 0.338 e. The van der Waals surface area contributed by atoms with Gasteiger partial charge in [0.15, 0.2) is 16.4 Å². The number of likely N-dealkylation sites (N-methyl/N-ethyl adjacent to an activating group) is 1. The average Bonchev–Trinajstić information content (AvgIpc) is 3.37. The summed E-state index contributed by atoms with van der Waals surface area (Å²) < 4.78 is 55.4. The van der Waals surface area contributed by atoms with Crippen LogP contribution in [-0.2, 0) is 29.4 Å². The normalized spacial score (nSPS) is 21.2. The van der Waals surface area contributed by atoms with Crippen LogP contribution in [0.2, 0.25) is 5.02 Å². The van der Waals surface area contributed by atoms with E-state index in [-0.39, 0.29) is 33.5 Å². The molecule has 0 N–H and O–H groups in total. The Labute approximate surface area is 187 Å². The molecule has 1 atom stereocenters. The van der Waals surface area contributed by atoms with E-state index in [0.29, 0.717) is 19.5 Å². The summed E-state index contributed by atoms with van der Waals surface area (Å²) in [5.74, 6) is -1.44. The van der Waals surface area contributed by atoms with Crippen molar-refractivity contribution in [3.8, 4) is 0 Å². The molecule has 2 heterocycles. The van der Waals surface area contributed by atoms with E-state index in [4.69, 9.17) is 16.3 Å². The molecule has 2 saturated heterocycles. The van der Waals surface area contributed by atoms with Crippen molar-refractivity contribution < 1.29 is 31.2 Å². The van der Waals surface area contributed by atoms with Crippen LogP contribution in [0, 0.1) is 0 Å². The van der Waals surface area contributed by atoms with Crippen molar-refractivity contribution in [2.45, 2.75) is 37.1 Å². The molecule has 2 fully saturated rings. The summed E-state index contributed by atoms with van der Waals surface area (Å²) in [7, 11) is -7.00. The van der Waals surface area contributed by atoms with E-state index >= 15 is 0 Å². The number of carbonyl (C=O) groups is 2. The number of rotatable bonds is 7. The molecule has 2 aliphatic rings. The van der Waals surface area contributed by atoms with Crippen LogP contribution in [0.5, 0.6) is 0 Å². The highest BCUT2D eigenvalue weighted by Gasteiger charge is 2.34. The molecule has 1 aromatic carbocycles. The van der Waals surface area contributed by atoms with Gasteiger partial charge in [0, 0.05) is 25.7 Å². The van der Waals surface area contributed by atoms with Crippen LogP contribution < -0.4 is 0 Å². The van der Waals surface area contributed by atoms with Gasteiger partial charge in [-0.15, -0.1) is 0 Å². The number of sulfonamides is 1. The van der Waals surface area contributed by atoms with Gasteiger partial charge >= 0.3 is 5.97 Å². The molecule has 0 aliphatic carbocycles. The second kappa shape index (κ2) is 9.43. The second-order valence-corrected chi connectivity index (χ2v) is 12.1. The van der Waals surface area contributed by atoms with Crippen LogP contribution in [0.4, 0.5) is 0 Å². The Morgan fingerprint density at radius 2 is 1.94 bits per heavy atom. The number of sulfone groups is 1. The van der Waals surface area contributed by atoms with E-state index in [9.17, 15) is 26.4 Å². The lowest BCUT2D eigenvalue weighted by atomic mass is 10.2. The zero-order valence-electron chi connectivity index (χ0n) is 17.1. The van der Waals surface area contributed by atoms with Crippen LogP contribution in [0.1, 0.15) is 36.5 Å². The van der Waals surface area contributed by atoms with Crippen LogP contribution in [-0.4, -0.2) is 81.7 Å². The summed E-state index contributed by atoms with van der Waals surface area (Å²) in [5.41, 5.74) is -0.0403. The van der Waals surface area contributed by atoms with E-state index in [0.717, 1.165) is 18.9 Å². The fourth-order valence-electron chi connectivity index (χ4n) is 3.85. The smallest absolute Gasteiger partial charge is 0.338 e. The molecule has 1 amide bonds. The second-order valence-electron chi connectivity index (χ2n) is 7.57. The standard InChI is InChI=1S/C19H25ClN2O7S2/c1-2-22(15-7-10-30(25,26)13-15)18(23)12-29-19(24)14-5-6-16(20)17(11-14)31(27,28)21-8-3-4-9-21/h5-6,11,15H,2-4,7-10,12-13H2,1H3. The highest BCUT2D eigenvalue weighted by Crippen LogP contribution is 2.28. The van der Waals surface area contributed by atoms with Gasteiger partial charge in [-0.3, -0.25) is 4.79 Å². The van der Waals surface area contributed by atoms with Crippen LogP contribution >= 0.6 is 11.6 Å². The molecule has 0 radical (unpaired) electrons. The quantitative estimate of drug-likeness (QED) is 0.526. The summed E-state index contributed by atoms with van der Waals surface area (Å²) >= 11 is 6.08. The zero-order chi connectivity index (χ0) is 22.8. The Morgan fingerprint density at radius 3 is 2.52 bits per heavy atom. The minimum Gasteiger partial charge on any atom is -0.452 e. The summed E-state index contributed by atoms with van der Waals surface area (Å²) in [6, 6.07) is 3.36. The molecule has 1 unspecified atom stereocenters. The van der Waals surface area contributed by atoms with E-state index in [1.807, 2.05) is 0 Å². The maximum absolute atomic E-state index is 12.8. The number of ether oxygens (including phenoxy) is 1. The predicted molar refractivity (Wildman–Crippen MR) is 114 cm³/mol. The lowest BCUT2D eigenvalue weighted by Crippen LogP contribution is -2.43. The van der Waals surface area contributed by atoms with Crippen molar-refractivity contribution in [2.24, 2.45) is 0 Å². The van der Waals surface area contributed by atoms with Gasteiger partial charge in [0.2, 0.25) is 10.0 Å². The Hall–Kier alpha value is -1.69. The van der Waals surface area contributed by atoms with Crippen molar-refractivity contribution in [1.29, 1.82) is 0 Å². The summed E-state index contributed by atoms with van der Waals surface area (Å²) in [4.78, 5) is 26.2. The first-order valence-corrected chi connectivity index (χ1v) is 13.7. The molecule has 0 aromatic heterocycles.